The van der Waals surface area contributed by atoms with Crippen LogP contribution >= 0.6 is 0 Å². The second-order valence-corrected chi connectivity index (χ2v) is 3.67. The van der Waals surface area contributed by atoms with Crippen molar-refractivity contribution in [1.82, 2.24) is 0 Å². The quantitative estimate of drug-likeness (QED) is 0.498. The molecule has 0 heterocycles. The number of carbonyl (C=O) groups is 1. The molecule has 0 aromatic heterocycles. The third-order valence-electron chi connectivity index (χ3n) is 2.82. The van der Waals surface area contributed by atoms with Gasteiger partial charge in [0.05, 0.1) is 0 Å². The van der Waals surface area contributed by atoms with Crippen LogP contribution in [0, 0.1) is 0 Å². The van der Waals surface area contributed by atoms with Crippen molar-refractivity contribution in [3.63, 3.8) is 0 Å². The molecule has 2 aliphatic rings. The Morgan fingerprint density at radius 1 is 1.25 bits per heavy atom. The molecule has 0 fully saturated rings. The van der Waals surface area contributed by atoms with Crippen molar-refractivity contribution in [1.29, 1.82) is 0 Å². The molecule has 0 aliphatic heterocycles. The number of carbonyl (C=O) groups excluding carboxylic acids is 1. The monoisotopic (exact) mass is 160 g/mol. The van der Waals surface area contributed by atoms with E-state index in [0.29, 0.717) is 0 Å². The summed E-state index contributed by atoms with van der Waals surface area (Å²) in [5, 5.41) is 0. The average Bonchev–Trinajstić information content (AvgIpc) is 2.40. The minimum atomic E-state index is 0.180. The Labute approximate surface area is 72.5 Å². The molecule has 0 N–H and O–H groups in total. The van der Waals surface area contributed by atoms with Crippen LogP contribution in [0.25, 0.3) is 0 Å². The lowest BCUT2D eigenvalue weighted by atomic mass is 10.0. The lowest BCUT2D eigenvalue weighted by molar-refractivity contribution is -0.111. The molecule has 0 amide bonds. The van der Waals surface area contributed by atoms with Crippen LogP contribution in [0.1, 0.15) is 26.7 Å². The van der Waals surface area contributed by atoms with E-state index in [0.717, 1.165) is 24.0 Å². The van der Waals surface area contributed by atoms with Gasteiger partial charge in [-0.25, -0.2) is 0 Å². The molecule has 1 nitrogen and oxygen atoms in total. The second kappa shape index (κ2) is 2.19. The Morgan fingerprint density at radius 2 is 1.92 bits per heavy atom. The number of Topliss-reactive ketones (excluding diaryl/α,β-unsaturated/α-hetero) is 1. The van der Waals surface area contributed by atoms with Gasteiger partial charge in [-0.3, -0.25) is 4.79 Å². The van der Waals surface area contributed by atoms with Crippen LogP contribution in [-0.4, -0.2) is 5.78 Å². The second-order valence-electron chi connectivity index (χ2n) is 3.67. The van der Waals surface area contributed by atoms with Gasteiger partial charge in [-0.15, -0.1) is 0 Å². The molecule has 0 radical (unpaired) electrons. The molecule has 0 atom stereocenters. The van der Waals surface area contributed by atoms with Gasteiger partial charge in [-0.05, 0) is 37.8 Å². The van der Waals surface area contributed by atoms with Crippen molar-refractivity contribution in [2.75, 3.05) is 0 Å². The van der Waals surface area contributed by atoms with E-state index < -0.39 is 0 Å². The highest BCUT2D eigenvalue weighted by atomic mass is 16.1. The average molecular weight is 160 g/mol. The van der Waals surface area contributed by atoms with E-state index in [1.54, 1.807) is 0 Å². The molecule has 0 saturated heterocycles. The van der Waals surface area contributed by atoms with Crippen molar-refractivity contribution < 1.29 is 4.79 Å². The number of hydrogen-bond donors (Lipinski definition) is 0. The fourth-order valence-corrected chi connectivity index (χ4v) is 2.02. The molecule has 2 aliphatic carbocycles. The van der Waals surface area contributed by atoms with Gasteiger partial charge in [-0.2, -0.15) is 0 Å². The molecule has 0 aromatic rings. The Hall–Kier alpha value is -1.11. The van der Waals surface area contributed by atoms with Crippen LogP contribution < -0.4 is 0 Å². The van der Waals surface area contributed by atoms with E-state index in [1.165, 1.54) is 16.7 Å². The van der Waals surface area contributed by atoms with Gasteiger partial charge in [-0.1, -0.05) is 17.7 Å². The SMILES string of the molecule is C=C1CC2=C(C1=O)C(C)=C(C)C2. The van der Waals surface area contributed by atoms with Crippen molar-refractivity contribution >= 4 is 5.78 Å². The van der Waals surface area contributed by atoms with Gasteiger partial charge in [0, 0.05) is 5.57 Å². The van der Waals surface area contributed by atoms with Crippen LogP contribution in [0.3, 0.4) is 0 Å². The van der Waals surface area contributed by atoms with Gasteiger partial charge in [0.1, 0.15) is 0 Å². The van der Waals surface area contributed by atoms with Crippen molar-refractivity contribution in [2.24, 2.45) is 0 Å². The number of allylic oxidation sites excluding steroid dienone is 5. The van der Waals surface area contributed by atoms with Gasteiger partial charge in [0.2, 0.25) is 0 Å². The molecule has 12 heavy (non-hydrogen) atoms. The van der Waals surface area contributed by atoms with Crippen molar-refractivity contribution in [3.05, 3.63) is 34.4 Å². The number of rotatable bonds is 0. The van der Waals surface area contributed by atoms with E-state index >= 15 is 0 Å². The summed E-state index contributed by atoms with van der Waals surface area (Å²) in [6, 6.07) is 0. The highest BCUT2D eigenvalue weighted by Gasteiger charge is 2.31. The summed E-state index contributed by atoms with van der Waals surface area (Å²) in [6.45, 7) is 7.90. The summed E-state index contributed by atoms with van der Waals surface area (Å²) in [5.41, 5.74) is 5.57. The summed E-state index contributed by atoms with van der Waals surface area (Å²) in [6.07, 6.45) is 1.80. The lowest BCUT2D eigenvalue weighted by Crippen LogP contribution is -1.99. The minimum absolute atomic E-state index is 0.180. The first-order valence-corrected chi connectivity index (χ1v) is 4.22. The van der Waals surface area contributed by atoms with Crippen molar-refractivity contribution in [2.45, 2.75) is 26.7 Å². The Balaban J connectivity index is 2.49. The molecule has 0 aromatic carbocycles. The molecular weight excluding hydrogens is 148 g/mol. The van der Waals surface area contributed by atoms with Crippen LogP contribution in [0.5, 0.6) is 0 Å². The summed E-state index contributed by atoms with van der Waals surface area (Å²) in [4.78, 5) is 11.6. The highest BCUT2D eigenvalue weighted by molar-refractivity contribution is 6.15. The van der Waals surface area contributed by atoms with Gasteiger partial charge < -0.3 is 0 Å². The third kappa shape index (κ3) is 0.765. The number of hydrogen-bond acceptors (Lipinski definition) is 1. The summed E-state index contributed by atoms with van der Waals surface area (Å²) < 4.78 is 0. The maximum absolute atomic E-state index is 11.6. The van der Waals surface area contributed by atoms with Gasteiger partial charge >= 0.3 is 0 Å². The molecule has 0 saturated carbocycles. The molecule has 62 valence electrons. The number of ketones is 1. The fraction of sp³-hybridized carbons (Fsp3) is 0.364. The van der Waals surface area contributed by atoms with Crippen LogP contribution in [0.2, 0.25) is 0 Å². The molecule has 0 unspecified atom stereocenters. The zero-order chi connectivity index (χ0) is 8.88. The van der Waals surface area contributed by atoms with E-state index in [9.17, 15) is 4.79 Å². The zero-order valence-electron chi connectivity index (χ0n) is 7.53. The maximum atomic E-state index is 11.6. The smallest absolute Gasteiger partial charge is 0.188 e. The maximum Gasteiger partial charge on any atom is 0.188 e. The Kier molecular flexibility index (Phi) is 1.38. The summed E-state index contributed by atoms with van der Waals surface area (Å²) in [7, 11) is 0. The summed E-state index contributed by atoms with van der Waals surface area (Å²) in [5.74, 6) is 0.180. The third-order valence-corrected chi connectivity index (χ3v) is 2.82. The van der Waals surface area contributed by atoms with E-state index in [4.69, 9.17) is 0 Å². The van der Waals surface area contributed by atoms with Crippen LogP contribution in [-0.2, 0) is 4.79 Å². The largest absolute Gasteiger partial charge is 0.289 e. The van der Waals surface area contributed by atoms with E-state index in [-0.39, 0.29) is 5.78 Å². The van der Waals surface area contributed by atoms with Gasteiger partial charge in [0.25, 0.3) is 0 Å². The predicted octanol–water partition coefficient (Wildman–Crippen LogP) is 2.55. The first-order valence-electron chi connectivity index (χ1n) is 4.22. The topological polar surface area (TPSA) is 17.1 Å². The van der Waals surface area contributed by atoms with Crippen molar-refractivity contribution in [3.8, 4) is 0 Å². The molecule has 0 spiro atoms. The lowest BCUT2D eigenvalue weighted by Gasteiger charge is -2.00. The highest BCUT2D eigenvalue weighted by Crippen LogP contribution is 2.41. The van der Waals surface area contributed by atoms with E-state index in [2.05, 4.69) is 13.5 Å². The molecular formula is C11H12O. The standard InChI is InChI=1S/C11H12O/c1-6-4-9-5-7(2)11(12)10(9)8(6)3/h2,4-5H2,1,3H3. The first kappa shape index (κ1) is 7.53. The first-order chi connectivity index (χ1) is 5.61. The Morgan fingerprint density at radius 3 is 2.50 bits per heavy atom. The normalized spacial score (nSPS) is 22.8. The molecule has 0 bridgehead atoms. The van der Waals surface area contributed by atoms with E-state index in [1.807, 2.05) is 6.92 Å². The molecule has 1 heteroatoms. The zero-order valence-corrected chi connectivity index (χ0v) is 7.53. The van der Waals surface area contributed by atoms with Gasteiger partial charge in [0.15, 0.2) is 5.78 Å². The fourth-order valence-electron chi connectivity index (χ4n) is 2.02. The Bertz CT molecular complexity index is 353. The van der Waals surface area contributed by atoms with Crippen LogP contribution in [0.4, 0.5) is 0 Å². The molecule has 2 rings (SSSR count). The predicted molar refractivity (Wildman–Crippen MR) is 48.8 cm³/mol. The van der Waals surface area contributed by atoms with Crippen LogP contribution in [0.15, 0.2) is 34.4 Å². The minimum Gasteiger partial charge on any atom is -0.289 e. The summed E-state index contributed by atoms with van der Waals surface area (Å²) >= 11 is 0.